The Morgan fingerprint density at radius 2 is 2.20 bits per heavy atom. The molecule has 0 bridgehead atoms. The summed E-state index contributed by atoms with van der Waals surface area (Å²) >= 11 is 3.48. The molecule has 1 aliphatic heterocycles. The van der Waals surface area contributed by atoms with Crippen LogP contribution in [0.5, 0.6) is 0 Å². The summed E-state index contributed by atoms with van der Waals surface area (Å²) in [4.78, 5) is 14.6. The van der Waals surface area contributed by atoms with Crippen molar-refractivity contribution in [3.8, 4) is 0 Å². The summed E-state index contributed by atoms with van der Waals surface area (Å²) in [7, 11) is 1.99. The third-order valence-corrected chi connectivity index (χ3v) is 4.96. The summed E-state index contributed by atoms with van der Waals surface area (Å²) in [6.07, 6.45) is 5.46. The summed E-state index contributed by atoms with van der Waals surface area (Å²) in [6, 6.07) is 0. The first-order chi connectivity index (χ1) is 9.69. The van der Waals surface area contributed by atoms with Crippen molar-refractivity contribution in [3.05, 3.63) is 21.0 Å². The van der Waals surface area contributed by atoms with E-state index >= 15 is 0 Å². The molecule has 1 unspecified atom stereocenters. The molecule has 2 fully saturated rings. The topological polar surface area (TPSA) is 50.2 Å². The van der Waals surface area contributed by atoms with E-state index in [2.05, 4.69) is 31.2 Å². The van der Waals surface area contributed by atoms with Crippen LogP contribution in [0.2, 0.25) is 0 Å². The first-order valence-corrected chi connectivity index (χ1v) is 8.13. The van der Waals surface area contributed by atoms with Gasteiger partial charge in [-0.15, -0.1) is 0 Å². The number of nitrogens with one attached hydrogen (secondary N) is 1. The minimum absolute atomic E-state index is 0.00599. The molecule has 1 aromatic heterocycles. The second kappa shape index (κ2) is 5.85. The molecule has 2 aliphatic rings. The maximum Gasteiger partial charge on any atom is 0.283 e. The van der Waals surface area contributed by atoms with Gasteiger partial charge in [-0.3, -0.25) is 4.79 Å². The number of rotatable bonds is 5. The van der Waals surface area contributed by atoms with Gasteiger partial charge < -0.3 is 10.2 Å². The van der Waals surface area contributed by atoms with E-state index in [1.54, 1.807) is 4.68 Å². The van der Waals surface area contributed by atoms with Gasteiger partial charge in [0.2, 0.25) is 0 Å². The molecule has 1 saturated heterocycles. The van der Waals surface area contributed by atoms with Gasteiger partial charge in [0.15, 0.2) is 0 Å². The van der Waals surface area contributed by atoms with Crippen LogP contribution >= 0.6 is 15.9 Å². The fraction of sp³-hybridized carbons (Fsp3) is 0.714. The van der Waals surface area contributed by atoms with Crippen LogP contribution in [0.4, 0.5) is 5.69 Å². The fourth-order valence-corrected chi connectivity index (χ4v) is 3.42. The van der Waals surface area contributed by atoms with Crippen LogP contribution in [0.1, 0.15) is 19.3 Å². The summed E-state index contributed by atoms with van der Waals surface area (Å²) in [5, 5.41) is 7.58. The summed E-state index contributed by atoms with van der Waals surface area (Å²) in [6.45, 7) is 3.78. The number of halogens is 1. The molecule has 1 saturated carbocycles. The van der Waals surface area contributed by atoms with E-state index in [9.17, 15) is 4.79 Å². The molecule has 1 aliphatic carbocycles. The molecule has 1 atom stereocenters. The zero-order chi connectivity index (χ0) is 14.1. The highest BCUT2D eigenvalue weighted by Gasteiger charge is 2.26. The summed E-state index contributed by atoms with van der Waals surface area (Å²) in [5.74, 6) is 1.31. The molecule has 0 amide bonds. The number of aromatic nitrogens is 2. The fourth-order valence-electron chi connectivity index (χ4n) is 2.86. The highest BCUT2D eigenvalue weighted by atomic mass is 79.9. The Morgan fingerprint density at radius 1 is 1.40 bits per heavy atom. The van der Waals surface area contributed by atoms with Gasteiger partial charge in [-0.1, -0.05) is 0 Å². The van der Waals surface area contributed by atoms with Crippen LogP contribution in [-0.4, -0.2) is 36.5 Å². The molecule has 0 spiro atoms. The minimum atomic E-state index is 0.00599. The van der Waals surface area contributed by atoms with E-state index in [0.717, 1.165) is 31.9 Å². The van der Waals surface area contributed by atoms with Gasteiger partial charge in [-0.05, 0) is 60.6 Å². The smallest absolute Gasteiger partial charge is 0.283 e. The van der Waals surface area contributed by atoms with Gasteiger partial charge in [0.1, 0.15) is 4.47 Å². The lowest BCUT2D eigenvalue weighted by Gasteiger charge is -2.20. The van der Waals surface area contributed by atoms with Crippen molar-refractivity contribution in [2.75, 3.05) is 31.6 Å². The summed E-state index contributed by atoms with van der Waals surface area (Å²) in [5.41, 5.74) is 0.951. The van der Waals surface area contributed by atoms with Crippen LogP contribution < -0.4 is 15.8 Å². The van der Waals surface area contributed by atoms with Crippen molar-refractivity contribution >= 4 is 21.6 Å². The molecule has 0 aromatic carbocycles. The monoisotopic (exact) mass is 340 g/mol. The van der Waals surface area contributed by atoms with E-state index in [1.807, 2.05) is 13.2 Å². The van der Waals surface area contributed by atoms with Crippen LogP contribution in [0.25, 0.3) is 0 Å². The van der Waals surface area contributed by atoms with Crippen LogP contribution in [0, 0.1) is 11.8 Å². The van der Waals surface area contributed by atoms with Crippen molar-refractivity contribution in [1.29, 1.82) is 0 Å². The Balaban J connectivity index is 1.77. The molecule has 1 N–H and O–H groups in total. The molecular weight excluding hydrogens is 320 g/mol. The largest absolute Gasteiger partial charge is 0.369 e. The minimum Gasteiger partial charge on any atom is -0.369 e. The Bertz CT molecular complexity index is 540. The van der Waals surface area contributed by atoms with Gasteiger partial charge >= 0.3 is 0 Å². The Labute approximate surface area is 127 Å². The summed E-state index contributed by atoms with van der Waals surface area (Å²) < 4.78 is 2.27. The van der Waals surface area contributed by atoms with E-state index in [4.69, 9.17) is 0 Å². The molecule has 0 radical (unpaired) electrons. The van der Waals surface area contributed by atoms with E-state index in [0.29, 0.717) is 16.3 Å². The third kappa shape index (κ3) is 2.91. The second-order valence-corrected chi connectivity index (χ2v) is 6.73. The van der Waals surface area contributed by atoms with Gasteiger partial charge in [-0.25, -0.2) is 4.68 Å². The molecule has 3 rings (SSSR count). The molecular formula is C14H21BrN4O. The average Bonchev–Trinajstić information content (AvgIpc) is 3.14. The van der Waals surface area contributed by atoms with Crippen LogP contribution in [0.15, 0.2) is 15.5 Å². The first-order valence-electron chi connectivity index (χ1n) is 7.34. The lowest BCUT2D eigenvalue weighted by atomic mass is 10.1. The molecule has 6 heteroatoms. The van der Waals surface area contributed by atoms with Gasteiger partial charge in [0, 0.05) is 19.6 Å². The Hall–Kier alpha value is -0.880. The van der Waals surface area contributed by atoms with E-state index < -0.39 is 0 Å². The second-order valence-electron chi connectivity index (χ2n) is 5.93. The van der Waals surface area contributed by atoms with Crippen molar-refractivity contribution < 1.29 is 0 Å². The number of hydrogen-bond acceptors (Lipinski definition) is 4. The lowest BCUT2D eigenvalue weighted by Crippen LogP contribution is -2.29. The zero-order valence-electron chi connectivity index (χ0n) is 11.8. The SMILES string of the molecule is CNCC1CCN(c2cnn(CC3CC3)c(=O)c2Br)C1. The highest BCUT2D eigenvalue weighted by Crippen LogP contribution is 2.31. The van der Waals surface area contributed by atoms with Crippen molar-refractivity contribution in [1.82, 2.24) is 15.1 Å². The average molecular weight is 341 g/mol. The zero-order valence-corrected chi connectivity index (χ0v) is 13.4. The molecule has 20 heavy (non-hydrogen) atoms. The quantitative estimate of drug-likeness (QED) is 0.881. The number of anilines is 1. The highest BCUT2D eigenvalue weighted by molar-refractivity contribution is 9.10. The van der Waals surface area contributed by atoms with Gasteiger partial charge in [0.05, 0.1) is 11.9 Å². The Kier molecular flexibility index (Phi) is 4.12. The number of hydrogen-bond donors (Lipinski definition) is 1. The van der Waals surface area contributed by atoms with Gasteiger partial charge in [-0.2, -0.15) is 5.10 Å². The van der Waals surface area contributed by atoms with Crippen LogP contribution in [-0.2, 0) is 6.54 Å². The van der Waals surface area contributed by atoms with Gasteiger partial charge in [0.25, 0.3) is 5.56 Å². The van der Waals surface area contributed by atoms with Crippen molar-refractivity contribution in [3.63, 3.8) is 0 Å². The standard InChI is InChI=1S/C14H21BrN4O/c1-16-6-11-4-5-18(8-11)12-7-17-19(9-10-2-3-10)14(20)13(12)15/h7,10-11,16H,2-6,8-9H2,1H3. The normalized spacial score (nSPS) is 22.5. The molecule has 1 aromatic rings. The molecule has 110 valence electrons. The third-order valence-electron chi connectivity index (χ3n) is 4.21. The van der Waals surface area contributed by atoms with Crippen LogP contribution in [0.3, 0.4) is 0 Å². The van der Waals surface area contributed by atoms with E-state index in [-0.39, 0.29) is 5.56 Å². The number of nitrogens with zero attached hydrogens (tertiary/aromatic N) is 3. The van der Waals surface area contributed by atoms with E-state index in [1.165, 1.54) is 19.3 Å². The predicted octanol–water partition coefficient (Wildman–Crippen LogP) is 1.46. The van der Waals surface area contributed by atoms with Crippen molar-refractivity contribution in [2.45, 2.75) is 25.8 Å². The first kappa shape index (κ1) is 14.1. The predicted molar refractivity (Wildman–Crippen MR) is 83.2 cm³/mol. The maximum absolute atomic E-state index is 12.3. The molecule has 2 heterocycles. The Morgan fingerprint density at radius 3 is 2.90 bits per heavy atom. The molecule has 5 nitrogen and oxygen atoms in total. The lowest BCUT2D eigenvalue weighted by molar-refractivity contribution is 0.530. The maximum atomic E-state index is 12.3. The van der Waals surface area contributed by atoms with Crippen molar-refractivity contribution in [2.24, 2.45) is 11.8 Å².